The van der Waals surface area contributed by atoms with Gasteiger partial charge >= 0.3 is 0 Å². The van der Waals surface area contributed by atoms with E-state index < -0.39 is 5.82 Å². The summed E-state index contributed by atoms with van der Waals surface area (Å²) in [5.41, 5.74) is 2.34. The molecule has 1 amide bonds. The molecule has 2 rings (SSSR count). The SMILES string of the molecule is CC[C@H](NC(=O)Cc1ccc(Cl)cc1F)c1ccc(OC)c(C)c1. The number of aryl methyl sites for hydroxylation is 1. The van der Waals surface area contributed by atoms with Gasteiger partial charge in [-0.3, -0.25) is 4.79 Å². The molecule has 0 fully saturated rings. The number of rotatable bonds is 6. The summed E-state index contributed by atoms with van der Waals surface area (Å²) in [7, 11) is 1.63. The number of amides is 1. The number of hydrogen-bond acceptors (Lipinski definition) is 2. The fourth-order valence-electron chi connectivity index (χ4n) is 2.62. The van der Waals surface area contributed by atoms with Crippen molar-refractivity contribution in [2.24, 2.45) is 0 Å². The molecule has 0 spiro atoms. The summed E-state index contributed by atoms with van der Waals surface area (Å²) in [6, 6.07) is 10.0. The second-order valence-electron chi connectivity index (χ2n) is 5.67. The van der Waals surface area contributed by atoms with Gasteiger partial charge in [0.15, 0.2) is 0 Å². The van der Waals surface area contributed by atoms with E-state index in [1.807, 2.05) is 32.0 Å². The fourth-order valence-corrected chi connectivity index (χ4v) is 2.78. The first-order chi connectivity index (χ1) is 11.4. The maximum Gasteiger partial charge on any atom is 0.225 e. The van der Waals surface area contributed by atoms with Gasteiger partial charge in [0.2, 0.25) is 5.91 Å². The Morgan fingerprint density at radius 3 is 2.62 bits per heavy atom. The molecule has 2 aromatic rings. The Morgan fingerprint density at radius 2 is 2.04 bits per heavy atom. The lowest BCUT2D eigenvalue weighted by molar-refractivity contribution is -0.121. The van der Waals surface area contributed by atoms with E-state index in [4.69, 9.17) is 16.3 Å². The highest BCUT2D eigenvalue weighted by Gasteiger charge is 2.15. The number of benzene rings is 2. The van der Waals surface area contributed by atoms with Crippen LogP contribution in [0.4, 0.5) is 4.39 Å². The van der Waals surface area contributed by atoms with Gasteiger partial charge in [-0.2, -0.15) is 0 Å². The van der Waals surface area contributed by atoms with Gasteiger partial charge in [0.05, 0.1) is 19.6 Å². The zero-order valence-corrected chi connectivity index (χ0v) is 14.8. The van der Waals surface area contributed by atoms with Crippen LogP contribution in [0.5, 0.6) is 5.75 Å². The van der Waals surface area contributed by atoms with Crippen molar-refractivity contribution in [2.45, 2.75) is 32.7 Å². The maximum absolute atomic E-state index is 13.8. The third-order valence-corrected chi connectivity index (χ3v) is 4.17. The minimum atomic E-state index is -0.467. The monoisotopic (exact) mass is 349 g/mol. The van der Waals surface area contributed by atoms with Gasteiger partial charge in [-0.1, -0.05) is 36.7 Å². The number of carbonyl (C=O) groups excluding carboxylic acids is 1. The largest absolute Gasteiger partial charge is 0.496 e. The van der Waals surface area contributed by atoms with Crippen LogP contribution in [0, 0.1) is 12.7 Å². The fraction of sp³-hybridized carbons (Fsp3) is 0.316. The first kappa shape index (κ1) is 18.3. The Kier molecular flexibility index (Phi) is 6.21. The van der Waals surface area contributed by atoms with Crippen LogP contribution in [-0.4, -0.2) is 13.0 Å². The van der Waals surface area contributed by atoms with Gasteiger partial charge in [-0.25, -0.2) is 4.39 Å². The van der Waals surface area contributed by atoms with E-state index in [2.05, 4.69) is 5.32 Å². The molecule has 0 bridgehead atoms. The molecule has 0 unspecified atom stereocenters. The van der Waals surface area contributed by atoms with Crippen LogP contribution < -0.4 is 10.1 Å². The molecule has 24 heavy (non-hydrogen) atoms. The van der Waals surface area contributed by atoms with E-state index >= 15 is 0 Å². The Morgan fingerprint density at radius 1 is 1.29 bits per heavy atom. The number of halogens is 2. The normalized spacial score (nSPS) is 11.9. The molecule has 2 aromatic carbocycles. The first-order valence-corrected chi connectivity index (χ1v) is 8.20. The number of hydrogen-bond donors (Lipinski definition) is 1. The first-order valence-electron chi connectivity index (χ1n) is 7.82. The molecule has 0 aromatic heterocycles. The Hall–Kier alpha value is -2.07. The predicted molar refractivity (Wildman–Crippen MR) is 94.0 cm³/mol. The van der Waals surface area contributed by atoms with E-state index in [1.54, 1.807) is 13.2 Å². The maximum atomic E-state index is 13.8. The van der Waals surface area contributed by atoms with Crippen LogP contribution in [0.3, 0.4) is 0 Å². The lowest BCUT2D eigenvalue weighted by Gasteiger charge is -2.19. The number of methoxy groups -OCH3 is 1. The second-order valence-corrected chi connectivity index (χ2v) is 6.11. The van der Waals surface area contributed by atoms with Gasteiger partial charge in [-0.15, -0.1) is 0 Å². The van der Waals surface area contributed by atoms with Crippen LogP contribution in [-0.2, 0) is 11.2 Å². The minimum absolute atomic E-state index is 0.0192. The highest BCUT2D eigenvalue weighted by atomic mass is 35.5. The van der Waals surface area contributed by atoms with Crippen molar-refractivity contribution in [2.75, 3.05) is 7.11 Å². The molecule has 0 aliphatic heterocycles. The van der Waals surface area contributed by atoms with Crippen LogP contribution in [0.15, 0.2) is 36.4 Å². The van der Waals surface area contributed by atoms with Crippen LogP contribution in [0.25, 0.3) is 0 Å². The highest BCUT2D eigenvalue weighted by molar-refractivity contribution is 6.30. The van der Waals surface area contributed by atoms with Crippen LogP contribution in [0.1, 0.15) is 36.1 Å². The van der Waals surface area contributed by atoms with Crippen molar-refractivity contribution in [1.29, 1.82) is 0 Å². The van der Waals surface area contributed by atoms with Gasteiger partial charge in [0.1, 0.15) is 11.6 Å². The summed E-state index contributed by atoms with van der Waals surface area (Å²) in [5, 5.41) is 3.28. The molecule has 0 aliphatic rings. The molecule has 0 saturated carbocycles. The van der Waals surface area contributed by atoms with Crippen molar-refractivity contribution >= 4 is 17.5 Å². The zero-order valence-electron chi connectivity index (χ0n) is 14.0. The topological polar surface area (TPSA) is 38.3 Å². The summed E-state index contributed by atoms with van der Waals surface area (Å²) in [4.78, 5) is 12.3. The zero-order chi connectivity index (χ0) is 17.7. The Balaban J connectivity index is 2.09. The average molecular weight is 350 g/mol. The van der Waals surface area contributed by atoms with E-state index in [-0.39, 0.29) is 18.4 Å². The molecule has 128 valence electrons. The second kappa shape index (κ2) is 8.15. The lowest BCUT2D eigenvalue weighted by Crippen LogP contribution is -2.29. The summed E-state index contributed by atoms with van der Waals surface area (Å²) in [5.74, 6) is 0.116. The lowest BCUT2D eigenvalue weighted by atomic mass is 10.0. The van der Waals surface area contributed by atoms with Gasteiger partial charge in [0, 0.05) is 5.02 Å². The third-order valence-electron chi connectivity index (χ3n) is 3.93. The van der Waals surface area contributed by atoms with E-state index in [1.165, 1.54) is 12.1 Å². The predicted octanol–water partition coefficient (Wildman–Crippen LogP) is 4.61. The summed E-state index contributed by atoms with van der Waals surface area (Å²) in [6.07, 6.45) is 0.718. The molecular weight excluding hydrogens is 329 g/mol. The Bertz CT molecular complexity index is 733. The van der Waals surface area contributed by atoms with Gasteiger partial charge in [0.25, 0.3) is 0 Å². The summed E-state index contributed by atoms with van der Waals surface area (Å²) >= 11 is 5.73. The highest BCUT2D eigenvalue weighted by Crippen LogP contribution is 2.24. The average Bonchev–Trinajstić information content (AvgIpc) is 2.55. The Labute approximate surface area is 146 Å². The standard InChI is InChI=1S/C19H21ClFNO2/c1-4-17(14-6-8-18(24-3)12(2)9-14)22-19(23)10-13-5-7-15(20)11-16(13)21/h5-9,11,17H,4,10H2,1-3H3,(H,22,23)/t17-/m0/s1. The van der Waals surface area contributed by atoms with E-state index in [9.17, 15) is 9.18 Å². The van der Waals surface area contributed by atoms with E-state index in [0.29, 0.717) is 10.6 Å². The molecule has 0 radical (unpaired) electrons. The number of carbonyl (C=O) groups is 1. The molecule has 1 atom stereocenters. The van der Waals surface area contributed by atoms with Crippen molar-refractivity contribution in [3.63, 3.8) is 0 Å². The molecule has 3 nitrogen and oxygen atoms in total. The van der Waals surface area contributed by atoms with Crippen molar-refractivity contribution in [1.82, 2.24) is 5.32 Å². The number of ether oxygens (including phenoxy) is 1. The summed E-state index contributed by atoms with van der Waals surface area (Å²) in [6.45, 7) is 3.95. The van der Waals surface area contributed by atoms with Gasteiger partial charge < -0.3 is 10.1 Å². The molecule has 1 N–H and O–H groups in total. The van der Waals surface area contributed by atoms with Crippen molar-refractivity contribution in [3.8, 4) is 5.75 Å². The third kappa shape index (κ3) is 4.48. The van der Waals surface area contributed by atoms with Gasteiger partial charge in [-0.05, 0) is 48.2 Å². The molecule has 0 saturated heterocycles. The molecular formula is C19H21ClFNO2. The quantitative estimate of drug-likeness (QED) is 0.827. The van der Waals surface area contributed by atoms with Crippen molar-refractivity contribution < 1.29 is 13.9 Å². The summed E-state index contributed by atoms with van der Waals surface area (Å²) < 4.78 is 19.1. The smallest absolute Gasteiger partial charge is 0.225 e. The molecule has 0 heterocycles. The molecule has 0 aliphatic carbocycles. The van der Waals surface area contributed by atoms with E-state index in [0.717, 1.165) is 23.3 Å². The van der Waals surface area contributed by atoms with Crippen molar-refractivity contribution in [3.05, 3.63) is 63.9 Å². The van der Waals surface area contributed by atoms with Crippen LogP contribution in [0.2, 0.25) is 5.02 Å². The van der Waals surface area contributed by atoms with Crippen LogP contribution >= 0.6 is 11.6 Å². The minimum Gasteiger partial charge on any atom is -0.496 e. The molecule has 5 heteroatoms. The number of nitrogens with one attached hydrogen (secondary N) is 1.